The Morgan fingerprint density at radius 3 is 0.773 bits per heavy atom. The Labute approximate surface area is 537 Å². The van der Waals surface area contributed by atoms with E-state index in [-0.39, 0.29) is 25.7 Å². The molecule has 0 fully saturated rings. The van der Waals surface area contributed by atoms with Crippen molar-refractivity contribution in [1.29, 1.82) is 0 Å². The van der Waals surface area contributed by atoms with Gasteiger partial charge in [-0.15, -0.1) is 0 Å². The van der Waals surface area contributed by atoms with Crippen LogP contribution >= 0.6 is 15.6 Å². The molecule has 2 unspecified atom stereocenters. The van der Waals surface area contributed by atoms with E-state index in [0.717, 1.165) is 108 Å². The van der Waals surface area contributed by atoms with Crippen LogP contribution in [0.4, 0.5) is 0 Å². The van der Waals surface area contributed by atoms with Crippen LogP contribution in [0.25, 0.3) is 0 Å². The minimum atomic E-state index is -4.95. The molecule has 0 aromatic carbocycles. The van der Waals surface area contributed by atoms with Crippen molar-refractivity contribution in [3.05, 3.63) is 0 Å². The fourth-order valence-corrected chi connectivity index (χ4v) is 11.9. The van der Waals surface area contributed by atoms with E-state index in [4.69, 9.17) is 37.0 Å². The van der Waals surface area contributed by atoms with Gasteiger partial charge in [-0.05, 0) is 43.4 Å². The number of hydrogen-bond acceptors (Lipinski definition) is 15. The molecule has 19 heteroatoms. The van der Waals surface area contributed by atoms with E-state index >= 15 is 0 Å². The van der Waals surface area contributed by atoms with Crippen molar-refractivity contribution in [2.75, 3.05) is 39.6 Å². The van der Waals surface area contributed by atoms with Crippen molar-refractivity contribution in [3.63, 3.8) is 0 Å². The lowest BCUT2D eigenvalue weighted by Gasteiger charge is -2.21. The number of carbonyl (C=O) groups excluding carboxylic acids is 4. The molecule has 0 rings (SSSR count). The average Bonchev–Trinajstić information content (AvgIpc) is 3.53. The minimum Gasteiger partial charge on any atom is -0.462 e. The summed E-state index contributed by atoms with van der Waals surface area (Å²) >= 11 is 0. The molecule has 0 heterocycles. The lowest BCUT2D eigenvalue weighted by molar-refractivity contribution is -0.161. The zero-order valence-electron chi connectivity index (χ0n) is 57.2. The standard InChI is InChI=1S/C69H134O17P2/c1-8-9-10-33-43-50-66(71)79-56-64(85-69(74)53-46-39-32-26-29-36-42-49-62(6)7)58-83-87(75,76)81-54-63(70)55-82-88(77,78)84-59-65(57-80-67(72)51-44-37-30-24-20-17-16-19-23-28-35-41-48-61(4)5)86-68(73)52-45-38-31-25-21-15-13-11-12-14-18-22-27-34-40-47-60(2)3/h60-65,70H,8-59H2,1-7H3,(H,75,76)(H,77,78)/t63-,64+,65+/m0/s1. The smallest absolute Gasteiger partial charge is 0.462 e. The van der Waals surface area contributed by atoms with E-state index in [9.17, 15) is 43.2 Å². The van der Waals surface area contributed by atoms with Gasteiger partial charge in [-0.25, -0.2) is 9.13 Å². The van der Waals surface area contributed by atoms with Crippen LogP contribution in [-0.4, -0.2) is 96.7 Å². The molecule has 0 aliphatic heterocycles. The number of aliphatic hydroxyl groups is 1. The number of unbranched alkanes of at least 4 members (excludes halogenated alkanes) is 35. The maximum absolute atomic E-state index is 13.0. The minimum absolute atomic E-state index is 0.102. The molecule has 0 spiro atoms. The van der Waals surface area contributed by atoms with Gasteiger partial charge in [0.05, 0.1) is 26.4 Å². The molecule has 0 radical (unpaired) electrons. The Morgan fingerprint density at radius 1 is 0.307 bits per heavy atom. The lowest BCUT2D eigenvalue weighted by atomic mass is 10.0. The molecule has 0 bridgehead atoms. The number of aliphatic hydroxyl groups excluding tert-OH is 1. The van der Waals surface area contributed by atoms with Crippen molar-refractivity contribution >= 4 is 39.5 Å². The predicted molar refractivity (Wildman–Crippen MR) is 354 cm³/mol. The van der Waals surface area contributed by atoms with Gasteiger partial charge in [0.15, 0.2) is 12.2 Å². The third-order valence-corrected chi connectivity index (χ3v) is 17.8. The van der Waals surface area contributed by atoms with Gasteiger partial charge in [0.2, 0.25) is 0 Å². The molecule has 0 aliphatic rings. The molecule has 0 aromatic rings. The molecule has 3 N–H and O–H groups in total. The van der Waals surface area contributed by atoms with Crippen LogP contribution in [0, 0.1) is 17.8 Å². The van der Waals surface area contributed by atoms with E-state index < -0.39 is 97.5 Å². The normalized spacial score (nSPS) is 14.2. The Morgan fingerprint density at radius 2 is 0.523 bits per heavy atom. The summed E-state index contributed by atoms with van der Waals surface area (Å²) in [6.45, 7) is 11.7. The van der Waals surface area contributed by atoms with E-state index in [1.54, 1.807) is 0 Å². The Kier molecular flexibility index (Phi) is 58.7. The second-order valence-electron chi connectivity index (χ2n) is 26.3. The van der Waals surface area contributed by atoms with Gasteiger partial charge in [-0.2, -0.15) is 0 Å². The first kappa shape index (κ1) is 86.1. The highest BCUT2D eigenvalue weighted by Gasteiger charge is 2.30. The van der Waals surface area contributed by atoms with E-state index in [1.165, 1.54) is 148 Å². The van der Waals surface area contributed by atoms with Crippen LogP contribution in [0.15, 0.2) is 0 Å². The van der Waals surface area contributed by atoms with Crippen LogP contribution in [0.2, 0.25) is 0 Å². The van der Waals surface area contributed by atoms with Crippen LogP contribution in [0.5, 0.6) is 0 Å². The molecule has 0 saturated heterocycles. The zero-order chi connectivity index (χ0) is 65.2. The molecule has 88 heavy (non-hydrogen) atoms. The molecule has 522 valence electrons. The third kappa shape index (κ3) is 62.8. The van der Waals surface area contributed by atoms with Crippen LogP contribution in [0.3, 0.4) is 0 Å². The largest absolute Gasteiger partial charge is 0.472 e. The number of carbonyl (C=O) groups is 4. The first-order chi connectivity index (χ1) is 42.2. The number of esters is 4. The maximum atomic E-state index is 13.0. The van der Waals surface area contributed by atoms with Crippen LogP contribution in [-0.2, 0) is 65.4 Å². The second kappa shape index (κ2) is 60.0. The summed E-state index contributed by atoms with van der Waals surface area (Å²) in [6, 6.07) is 0. The molecule has 0 aromatic heterocycles. The van der Waals surface area contributed by atoms with Crippen molar-refractivity contribution in [3.8, 4) is 0 Å². The van der Waals surface area contributed by atoms with Crippen molar-refractivity contribution < 1.29 is 80.2 Å². The van der Waals surface area contributed by atoms with Gasteiger partial charge in [0, 0.05) is 25.7 Å². The third-order valence-electron chi connectivity index (χ3n) is 15.9. The summed E-state index contributed by atoms with van der Waals surface area (Å²) in [7, 11) is -9.89. The molecular weight excluding hydrogens is 1160 g/mol. The quantitative estimate of drug-likeness (QED) is 0.0222. The number of hydrogen-bond donors (Lipinski definition) is 3. The summed E-state index contributed by atoms with van der Waals surface area (Å²) in [5, 5.41) is 10.5. The second-order valence-corrected chi connectivity index (χ2v) is 29.3. The number of phosphoric ester groups is 2. The Hall–Kier alpha value is -1.94. The summed E-state index contributed by atoms with van der Waals surface area (Å²) in [5.74, 6) is 0.140. The van der Waals surface area contributed by atoms with Gasteiger partial charge in [0.1, 0.15) is 19.3 Å². The number of phosphoric acid groups is 2. The first-order valence-corrected chi connectivity index (χ1v) is 38.8. The number of ether oxygens (including phenoxy) is 4. The molecular formula is C69H134O17P2. The lowest BCUT2D eigenvalue weighted by Crippen LogP contribution is -2.30. The summed E-state index contributed by atoms with van der Waals surface area (Å²) in [6.07, 6.45) is 43.6. The van der Waals surface area contributed by atoms with Crippen molar-refractivity contribution in [2.45, 2.75) is 362 Å². The molecule has 0 amide bonds. The van der Waals surface area contributed by atoms with E-state index in [1.807, 2.05) is 0 Å². The molecule has 0 aliphatic carbocycles. The van der Waals surface area contributed by atoms with Gasteiger partial charge in [0.25, 0.3) is 0 Å². The fraction of sp³-hybridized carbons (Fsp3) is 0.942. The maximum Gasteiger partial charge on any atom is 0.472 e. The fourth-order valence-electron chi connectivity index (χ4n) is 10.4. The summed E-state index contributed by atoms with van der Waals surface area (Å²) in [4.78, 5) is 72.2. The average molecular weight is 1300 g/mol. The summed E-state index contributed by atoms with van der Waals surface area (Å²) < 4.78 is 68.0. The Bertz CT molecular complexity index is 1730. The highest BCUT2D eigenvalue weighted by molar-refractivity contribution is 7.47. The zero-order valence-corrected chi connectivity index (χ0v) is 59.0. The monoisotopic (exact) mass is 1300 g/mol. The predicted octanol–water partition coefficient (Wildman–Crippen LogP) is 19.5. The van der Waals surface area contributed by atoms with E-state index in [2.05, 4.69) is 48.5 Å². The Balaban J connectivity index is 5.16. The topological polar surface area (TPSA) is 237 Å². The van der Waals surface area contributed by atoms with Crippen LogP contribution in [0.1, 0.15) is 344 Å². The van der Waals surface area contributed by atoms with Gasteiger partial charge < -0.3 is 33.8 Å². The van der Waals surface area contributed by atoms with Gasteiger partial charge in [-0.1, -0.05) is 292 Å². The van der Waals surface area contributed by atoms with Crippen molar-refractivity contribution in [1.82, 2.24) is 0 Å². The van der Waals surface area contributed by atoms with Crippen LogP contribution < -0.4 is 0 Å². The molecule has 0 saturated carbocycles. The van der Waals surface area contributed by atoms with Crippen molar-refractivity contribution in [2.24, 2.45) is 17.8 Å². The highest BCUT2D eigenvalue weighted by atomic mass is 31.2. The van der Waals surface area contributed by atoms with Gasteiger partial charge >= 0.3 is 39.5 Å². The molecule has 5 atom stereocenters. The summed E-state index contributed by atoms with van der Waals surface area (Å²) in [5.41, 5.74) is 0. The number of rotatable bonds is 67. The first-order valence-electron chi connectivity index (χ1n) is 35.8. The van der Waals surface area contributed by atoms with Gasteiger partial charge in [-0.3, -0.25) is 37.3 Å². The molecule has 17 nitrogen and oxygen atoms in total. The van der Waals surface area contributed by atoms with E-state index in [0.29, 0.717) is 31.6 Å². The SMILES string of the molecule is CCCCCCCC(=O)OC[C@H](COP(=O)(O)OC[C@H](O)COP(=O)(O)OC[C@@H](COC(=O)CCCCCCCCCCCCCCC(C)C)OC(=O)CCCCCCCCCCCCCCCCCC(C)C)OC(=O)CCCCCCCCCC(C)C. The highest BCUT2D eigenvalue weighted by Crippen LogP contribution is 2.45.